The highest BCUT2D eigenvalue weighted by molar-refractivity contribution is 5.94. The van der Waals surface area contributed by atoms with E-state index in [1.54, 1.807) is 12.0 Å². The molecule has 1 spiro atoms. The Morgan fingerprint density at radius 3 is 2.83 bits per heavy atom. The Kier molecular flexibility index (Phi) is 4.38. The van der Waals surface area contributed by atoms with E-state index in [0.29, 0.717) is 25.6 Å². The second-order valence-corrected chi connectivity index (χ2v) is 6.82. The average molecular weight is 324 g/mol. The molecule has 2 atom stereocenters. The lowest BCUT2D eigenvalue weighted by atomic mass is 9.77. The molecule has 0 unspecified atom stereocenters. The predicted molar refractivity (Wildman–Crippen MR) is 82.2 cm³/mol. The van der Waals surface area contributed by atoms with Crippen molar-refractivity contribution in [2.24, 2.45) is 11.3 Å². The molecule has 6 heteroatoms. The van der Waals surface area contributed by atoms with Gasteiger partial charge in [0.05, 0.1) is 6.61 Å². The molecule has 1 aromatic carbocycles. The van der Waals surface area contributed by atoms with Crippen LogP contribution in [0.1, 0.15) is 16.8 Å². The third kappa shape index (κ3) is 2.97. The molecular weight excluding hydrogens is 302 g/mol. The van der Waals surface area contributed by atoms with Gasteiger partial charge >= 0.3 is 0 Å². The molecule has 0 saturated carbocycles. The topological polar surface area (TPSA) is 32.8 Å². The molecule has 0 N–H and O–H groups in total. The van der Waals surface area contributed by atoms with Crippen molar-refractivity contribution in [2.75, 3.05) is 46.9 Å². The molecule has 3 rings (SSSR count). The van der Waals surface area contributed by atoms with Crippen molar-refractivity contribution in [1.82, 2.24) is 9.80 Å². The lowest BCUT2D eigenvalue weighted by Crippen LogP contribution is -2.38. The molecule has 126 valence electrons. The molecule has 0 aromatic heterocycles. The van der Waals surface area contributed by atoms with E-state index in [1.807, 2.05) is 0 Å². The van der Waals surface area contributed by atoms with Crippen molar-refractivity contribution in [3.05, 3.63) is 35.4 Å². The highest BCUT2D eigenvalue weighted by Gasteiger charge is 2.50. The Labute approximate surface area is 135 Å². The number of rotatable bonds is 3. The SMILES string of the molecule is COC[C@@H]1CN(C)C[C@@]12CCN(C(=O)c1ccc(F)c(F)c1)C2. The molecule has 23 heavy (non-hydrogen) atoms. The second-order valence-electron chi connectivity index (χ2n) is 6.82. The van der Waals surface area contributed by atoms with Crippen LogP contribution in [0.4, 0.5) is 8.78 Å². The molecule has 1 amide bonds. The van der Waals surface area contributed by atoms with Crippen molar-refractivity contribution in [3.8, 4) is 0 Å². The zero-order chi connectivity index (χ0) is 16.6. The van der Waals surface area contributed by atoms with E-state index in [0.717, 1.165) is 31.6 Å². The van der Waals surface area contributed by atoms with E-state index in [9.17, 15) is 13.6 Å². The van der Waals surface area contributed by atoms with Gasteiger partial charge in [0.25, 0.3) is 5.91 Å². The van der Waals surface area contributed by atoms with Crippen LogP contribution in [0.5, 0.6) is 0 Å². The second kappa shape index (κ2) is 6.17. The molecule has 2 fully saturated rings. The van der Waals surface area contributed by atoms with Crippen molar-refractivity contribution in [2.45, 2.75) is 6.42 Å². The Balaban J connectivity index is 1.76. The minimum absolute atomic E-state index is 0.0407. The van der Waals surface area contributed by atoms with Crippen LogP contribution >= 0.6 is 0 Å². The van der Waals surface area contributed by atoms with E-state index in [-0.39, 0.29) is 16.9 Å². The number of likely N-dealkylation sites (tertiary alicyclic amines) is 2. The number of hydrogen-bond acceptors (Lipinski definition) is 3. The van der Waals surface area contributed by atoms with Gasteiger partial charge in [-0.1, -0.05) is 0 Å². The molecule has 2 aliphatic rings. The lowest BCUT2D eigenvalue weighted by molar-refractivity contribution is 0.0715. The first-order valence-corrected chi connectivity index (χ1v) is 7.87. The van der Waals surface area contributed by atoms with Crippen molar-refractivity contribution >= 4 is 5.91 Å². The van der Waals surface area contributed by atoms with Crippen LogP contribution in [-0.2, 0) is 4.74 Å². The summed E-state index contributed by atoms with van der Waals surface area (Å²) in [5, 5.41) is 0. The quantitative estimate of drug-likeness (QED) is 0.853. The standard InChI is InChI=1S/C17H22F2N2O2/c1-20-8-13(9-23-2)17(10-20)5-6-21(11-17)16(22)12-3-4-14(18)15(19)7-12/h3-4,7,13H,5-6,8-11H2,1-2H3/t13-,17+/m0/s1. The van der Waals surface area contributed by atoms with Gasteiger partial charge in [0.15, 0.2) is 11.6 Å². The lowest BCUT2D eigenvalue weighted by Gasteiger charge is -2.30. The fourth-order valence-corrected chi connectivity index (χ4v) is 4.07. The molecule has 0 bridgehead atoms. The summed E-state index contributed by atoms with van der Waals surface area (Å²) in [6.45, 7) is 3.86. The molecule has 2 saturated heterocycles. The van der Waals surface area contributed by atoms with Gasteiger partial charge in [0, 0.05) is 50.2 Å². The van der Waals surface area contributed by atoms with Crippen molar-refractivity contribution < 1.29 is 18.3 Å². The number of methoxy groups -OCH3 is 1. The minimum atomic E-state index is -0.984. The first-order valence-electron chi connectivity index (χ1n) is 7.87. The summed E-state index contributed by atoms with van der Waals surface area (Å²) in [5.41, 5.74) is 0.245. The summed E-state index contributed by atoms with van der Waals surface area (Å²) in [4.78, 5) is 16.6. The Bertz CT molecular complexity index is 610. The third-order valence-corrected chi connectivity index (χ3v) is 5.19. The highest BCUT2D eigenvalue weighted by Crippen LogP contribution is 2.43. The zero-order valence-electron chi connectivity index (χ0n) is 13.5. The normalized spacial score (nSPS) is 28.0. The van der Waals surface area contributed by atoms with Gasteiger partial charge < -0.3 is 14.5 Å². The van der Waals surface area contributed by atoms with Crippen LogP contribution < -0.4 is 0 Å². The largest absolute Gasteiger partial charge is 0.384 e. The van der Waals surface area contributed by atoms with Gasteiger partial charge in [0.2, 0.25) is 0 Å². The van der Waals surface area contributed by atoms with Crippen LogP contribution in [0.15, 0.2) is 18.2 Å². The van der Waals surface area contributed by atoms with Crippen LogP contribution in [0.3, 0.4) is 0 Å². The zero-order valence-corrected chi connectivity index (χ0v) is 13.5. The van der Waals surface area contributed by atoms with Crippen molar-refractivity contribution in [1.29, 1.82) is 0 Å². The number of hydrogen-bond donors (Lipinski definition) is 0. The molecular formula is C17H22F2N2O2. The minimum Gasteiger partial charge on any atom is -0.384 e. The maximum absolute atomic E-state index is 13.4. The number of carbonyl (C=O) groups excluding carboxylic acids is 1. The average Bonchev–Trinajstić information content (AvgIpc) is 3.06. The van der Waals surface area contributed by atoms with Crippen LogP contribution in [0.2, 0.25) is 0 Å². The maximum atomic E-state index is 13.4. The Morgan fingerprint density at radius 1 is 1.35 bits per heavy atom. The fourth-order valence-electron chi connectivity index (χ4n) is 4.07. The van der Waals surface area contributed by atoms with Gasteiger partial charge in [0.1, 0.15) is 0 Å². The van der Waals surface area contributed by atoms with Gasteiger partial charge in [-0.05, 0) is 31.7 Å². The van der Waals surface area contributed by atoms with E-state index in [4.69, 9.17) is 4.74 Å². The number of carbonyl (C=O) groups is 1. The van der Waals surface area contributed by atoms with E-state index in [2.05, 4.69) is 11.9 Å². The summed E-state index contributed by atoms with van der Waals surface area (Å²) in [6.07, 6.45) is 0.917. The van der Waals surface area contributed by atoms with Gasteiger partial charge in [-0.2, -0.15) is 0 Å². The smallest absolute Gasteiger partial charge is 0.253 e. The van der Waals surface area contributed by atoms with Gasteiger partial charge in [-0.25, -0.2) is 8.78 Å². The molecule has 2 aliphatic heterocycles. The van der Waals surface area contributed by atoms with Crippen LogP contribution in [0, 0.1) is 23.0 Å². The van der Waals surface area contributed by atoms with Crippen LogP contribution in [0.25, 0.3) is 0 Å². The van der Waals surface area contributed by atoms with E-state index in [1.165, 1.54) is 6.07 Å². The molecule has 0 aliphatic carbocycles. The number of amides is 1. The summed E-state index contributed by atoms with van der Waals surface area (Å²) >= 11 is 0. The van der Waals surface area contributed by atoms with E-state index >= 15 is 0 Å². The third-order valence-electron chi connectivity index (χ3n) is 5.19. The Hall–Kier alpha value is -1.53. The monoisotopic (exact) mass is 324 g/mol. The Morgan fingerprint density at radius 2 is 2.13 bits per heavy atom. The number of ether oxygens (including phenoxy) is 1. The first kappa shape index (κ1) is 16.3. The number of nitrogens with zero attached hydrogens (tertiary/aromatic N) is 2. The van der Waals surface area contributed by atoms with Gasteiger partial charge in [-0.3, -0.25) is 4.79 Å². The molecule has 1 aromatic rings. The highest BCUT2D eigenvalue weighted by atomic mass is 19.2. The van der Waals surface area contributed by atoms with Crippen LogP contribution in [-0.4, -0.2) is 62.7 Å². The van der Waals surface area contributed by atoms with Crippen molar-refractivity contribution in [3.63, 3.8) is 0 Å². The maximum Gasteiger partial charge on any atom is 0.253 e. The predicted octanol–water partition coefficient (Wildman–Crippen LogP) is 2.01. The summed E-state index contributed by atoms with van der Waals surface area (Å²) in [6, 6.07) is 3.33. The number of benzene rings is 1. The van der Waals surface area contributed by atoms with Gasteiger partial charge in [-0.15, -0.1) is 0 Å². The molecule has 2 heterocycles. The molecule has 0 radical (unpaired) electrons. The molecule has 4 nitrogen and oxygen atoms in total. The summed E-state index contributed by atoms with van der Waals surface area (Å²) < 4.78 is 31.8. The first-order chi connectivity index (χ1) is 10.9. The summed E-state index contributed by atoms with van der Waals surface area (Å²) in [5.74, 6) is -1.76. The fraction of sp³-hybridized carbons (Fsp3) is 0.588. The number of halogens is 2. The van der Waals surface area contributed by atoms with E-state index < -0.39 is 11.6 Å². The summed E-state index contributed by atoms with van der Waals surface area (Å²) in [7, 11) is 3.78.